The fourth-order valence-electron chi connectivity index (χ4n) is 2.68. The summed E-state index contributed by atoms with van der Waals surface area (Å²) in [5.41, 5.74) is 0.171. The van der Waals surface area contributed by atoms with Crippen molar-refractivity contribution in [2.24, 2.45) is 0 Å². The minimum absolute atomic E-state index is 0.0351. The van der Waals surface area contributed by atoms with Crippen LogP contribution in [0.2, 0.25) is 0 Å². The van der Waals surface area contributed by atoms with Crippen LogP contribution in [0.1, 0.15) is 32.6 Å². The minimum Gasteiger partial charge on any atom is -0.465 e. The standard InChI is InChI=1S/C16H21NO2/c1-16(2,3)17-8-9-18-14(10-17)15-13-7-5-4-6-12(13)11-19-15/h4-7,11,14H,8-10H2,1-3H3. The molecule has 1 aromatic carbocycles. The fourth-order valence-corrected chi connectivity index (χ4v) is 2.68. The van der Waals surface area contributed by atoms with E-state index in [9.17, 15) is 0 Å². The van der Waals surface area contributed by atoms with Gasteiger partial charge in [-0.05, 0) is 20.8 Å². The average Bonchev–Trinajstić information content (AvgIpc) is 2.82. The molecule has 2 heterocycles. The van der Waals surface area contributed by atoms with Crippen LogP contribution in [0.5, 0.6) is 0 Å². The number of furan rings is 1. The number of hydrogen-bond donors (Lipinski definition) is 0. The molecule has 1 aliphatic heterocycles. The second kappa shape index (κ2) is 4.66. The Balaban J connectivity index is 1.90. The molecule has 19 heavy (non-hydrogen) atoms. The molecule has 1 atom stereocenters. The summed E-state index contributed by atoms with van der Waals surface area (Å²) < 4.78 is 11.7. The second-order valence-electron chi connectivity index (χ2n) is 6.16. The van der Waals surface area contributed by atoms with Gasteiger partial charge in [-0.25, -0.2) is 0 Å². The van der Waals surface area contributed by atoms with Crippen molar-refractivity contribution in [3.05, 3.63) is 36.3 Å². The van der Waals surface area contributed by atoms with Gasteiger partial charge in [-0.2, -0.15) is 0 Å². The summed E-state index contributed by atoms with van der Waals surface area (Å²) in [6.07, 6.45) is 1.86. The van der Waals surface area contributed by atoms with Gasteiger partial charge in [-0.1, -0.05) is 24.3 Å². The molecule has 0 saturated carbocycles. The van der Waals surface area contributed by atoms with E-state index in [-0.39, 0.29) is 11.6 Å². The third-order valence-electron chi connectivity index (χ3n) is 3.85. The molecular weight excluding hydrogens is 238 g/mol. The van der Waals surface area contributed by atoms with Crippen LogP contribution in [0.4, 0.5) is 0 Å². The number of nitrogens with zero attached hydrogens (tertiary/aromatic N) is 1. The summed E-state index contributed by atoms with van der Waals surface area (Å²) >= 11 is 0. The smallest absolute Gasteiger partial charge is 0.141 e. The van der Waals surface area contributed by atoms with Gasteiger partial charge in [-0.3, -0.25) is 4.90 Å². The molecule has 2 aromatic rings. The van der Waals surface area contributed by atoms with Crippen molar-refractivity contribution in [2.75, 3.05) is 19.7 Å². The average molecular weight is 259 g/mol. The van der Waals surface area contributed by atoms with Gasteiger partial charge in [0.15, 0.2) is 0 Å². The molecule has 1 aliphatic rings. The summed E-state index contributed by atoms with van der Waals surface area (Å²) in [5, 5.41) is 2.32. The first-order valence-corrected chi connectivity index (χ1v) is 6.88. The lowest BCUT2D eigenvalue weighted by atomic mass is 10.0. The Morgan fingerprint density at radius 2 is 2.00 bits per heavy atom. The molecule has 0 spiro atoms. The maximum atomic E-state index is 5.92. The van der Waals surface area contributed by atoms with Gasteiger partial charge in [0, 0.05) is 29.4 Å². The van der Waals surface area contributed by atoms with Crippen molar-refractivity contribution in [2.45, 2.75) is 32.4 Å². The molecule has 1 saturated heterocycles. The Bertz CT molecular complexity index is 567. The first-order chi connectivity index (χ1) is 9.05. The van der Waals surface area contributed by atoms with E-state index in [1.165, 1.54) is 5.39 Å². The highest BCUT2D eigenvalue weighted by Gasteiger charge is 2.31. The monoisotopic (exact) mass is 259 g/mol. The molecule has 3 heteroatoms. The zero-order chi connectivity index (χ0) is 13.5. The highest BCUT2D eigenvalue weighted by atomic mass is 16.5. The molecule has 1 fully saturated rings. The molecule has 3 rings (SSSR count). The maximum Gasteiger partial charge on any atom is 0.141 e. The van der Waals surface area contributed by atoms with Crippen molar-refractivity contribution < 1.29 is 9.15 Å². The van der Waals surface area contributed by atoms with Crippen molar-refractivity contribution >= 4 is 10.8 Å². The van der Waals surface area contributed by atoms with Crippen LogP contribution in [0.15, 0.2) is 34.9 Å². The van der Waals surface area contributed by atoms with Crippen LogP contribution in [-0.4, -0.2) is 30.1 Å². The molecule has 3 nitrogen and oxygen atoms in total. The fraction of sp³-hybridized carbons (Fsp3) is 0.500. The summed E-state index contributed by atoms with van der Waals surface area (Å²) in [6.45, 7) is 9.37. The van der Waals surface area contributed by atoms with E-state index >= 15 is 0 Å². The SMILES string of the molecule is CC(C)(C)N1CCOC(c2occ3ccccc23)C1. The van der Waals surface area contributed by atoms with Crippen LogP contribution in [0.3, 0.4) is 0 Å². The molecule has 0 radical (unpaired) electrons. The van der Waals surface area contributed by atoms with Crippen molar-refractivity contribution in [3.63, 3.8) is 0 Å². The van der Waals surface area contributed by atoms with E-state index in [4.69, 9.17) is 9.15 Å². The maximum absolute atomic E-state index is 5.92. The Hall–Kier alpha value is -1.32. The van der Waals surface area contributed by atoms with Gasteiger partial charge < -0.3 is 9.15 Å². The second-order valence-corrected chi connectivity index (χ2v) is 6.16. The van der Waals surface area contributed by atoms with Crippen molar-refractivity contribution in [1.82, 2.24) is 4.90 Å². The highest BCUT2D eigenvalue weighted by molar-refractivity contribution is 5.84. The molecule has 0 aliphatic carbocycles. The summed E-state index contributed by atoms with van der Waals surface area (Å²) in [4.78, 5) is 2.46. The van der Waals surface area contributed by atoms with Crippen LogP contribution >= 0.6 is 0 Å². The first kappa shape index (κ1) is 12.7. The van der Waals surface area contributed by atoms with Crippen molar-refractivity contribution in [3.8, 4) is 0 Å². The highest BCUT2D eigenvalue weighted by Crippen LogP contribution is 2.32. The van der Waals surface area contributed by atoms with Gasteiger partial charge in [-0.15, -0.1) is 0 Å². The van der Waals surface area contributed by atoms with Crippen LogP contribution in [0.25, 0.3) is 10.8 Å². The zero-order valence-corrected chi connectivity index (χ0v) is 11.8. The quantitative estimate of drug-likeness (QED) is 0.782. The van der Waals surface area contributed by atoms with E-state index in [1.54, 1.807) is 0 Å². The lowest BCUT2D eigenvalue weighted by Gasteiger charge is -2.41. The Kier molecular flexibility index (Phi) is 3.11. The predicted molar refractivity (Wildman–Crippen MR) is 76.2 cm³/mol. The Labute approximate surface area is 114 Å². The molecule has 0 N–H and O–H groups in total. The molecule has 102 valence electrons. The van der Waals surface area contributed by atoms with Gasteiger partial charge >= 0.3 is 0 Å². The summed E-state index contributed by atoms with van der Waals surface area (Å²) in [6, 6.07) is 8.26. The molecule has 0 bridgehead atoms. The van der Waals surface area contributed by atoms with Crippen LogP contribution in [0, 0.1) is 0 Å². The third kappa shape index (κ3) is 2.40. The van der Waals surface area contributed by atoms with Gasteiger partial charge in [0.2, 0.25) is 0 Å². The predicted octanol–water partition coefficient (Wildman–Crippen LogP) is 3.60. The number of hydrogen-bond acceptors (Lipinski definition) is 3. The Morgan fingerprint density at radius 1 is 1.21 bits per heavy atom. The normalized spacial score (nSPS) is 21.9. The summed E-state index contributed by atoms with van der Waals surface area (Å²) in [7, 11) is 0. The van der Waals surface area contributed by atoms with Crippen LogP contribution in [-0.2, 0) is 4.74 Å². The van der Waals surface area contributed by atoms with E-state index in [0.29, 0.717) is 0 Å². The minimum atomic E-state index is 0.0351. The summed E-state index contributed by atoms with van der Waals surface area (Å²) in [5.74, 6) is 0.963. The van der Waals surface area contributed by atoms with Crippen molar-refractivity contribution in [1.29, 1.82) is 0 Å². The number of rotatable bonds is 1. The van der Waals surface area contributed by atoms with Gasteiger partial charge in [0.1, 0.15) is 11.9 Å². The van der Waals surface area contributed by atoms with E-state index < -0.39 is 0 Å². The first-order valence-electron chi connectivity index (χ1n) is 6.88. The number of benzene rings is 1. The topological polar surface area (TPSA) is 25.6 Å². The lowest BCUT2D eigenvalue weighted by molar-refractivity contribution is -0.0669. The van der Waals surface area contributed by atoms with E-state index in [2.05, 4.69) is 37.8 Å². The largest absolute Gasteiger partial charge is 0.465 e. The number of fused-ring (bicyclic) bond motifs is 1. The molecular formula is C16H21NO2. The third-order valence-corrected chi connectivity index (χ3v) is 3.85. The van der Waals surface area contributed by atoms with E-state index in [1.807, 2.05) is 18.4 Å². The van der Waals surface area contributed by atoms with E-state index in [0.717, 1.165) is 30.8 Å². The molecule has 0 amide bonds. The lowest BCUT2D eigenvalue weighted by Crippen LogP contribution is -2.48. The number of morpholine rings is 1. The molecule has 1 aromatic heterocycles. The Morgan fingerprint density at radius 3 is 2.79 bits per heavy atom. The van der Waals surface area contributed by atoms with Gasteiger partial charge in [0.25, 0.3) is 0 Å². The van der Waals surface area contributed by atoms with Crippen LogP contribution < -0.4 is 0 Å². The zero-order valence-electron chi connectivity index (χ0n) is 11.8. The van der Waals surface area contributed by atoms with Gasteiger partial charge in [0.05, 0.1) is 12.9 Å². The molecule has 1 unspecified atom stereocenters. The number of ether oxygens (including phenoxy) is 1.